The van der Waals surface area contributed by atoms with E-state index in [-0.39, 0.29) is 11.5 Å². The van der Waals surface area contributed by atoms with Crippen molar-refractivity contribution in [3.8, 4) is 11.5 Å². The normalized spacial score (nSPS) is 19.7. The van der Waals surface area contributed by atoms with Gasteiger partial charge in [0.25, 0.3) is 0 Å². The summed E-state index contributed by atoms with van der Waals surface area (Å²) in [7, 11) is 2.06. The minimum atomic E-state index is -0.229. The van der Waals surface area contributed by atoms with Gasteiger partial charge in [-0.15, -0.1) is 0 Å². The number of nitrogens with zero attached hydrogens (tertiary/aromatic N) is 2. The molecule has 4 aromatic carbocycles. The molecule has 3 aliphatic rings. The molecular weight excluding hydrogens is 420 g/mol. The van der Waals surface area contributed by atoms with Gasteiger partial charge < -0.3 is 19.3 Å². The van der Waals surface area contributed by atoms with E-state index < -0.39 is 0 Å². The van der Waals surface area contributed by atoms with Crippen molar-refractivity contribution >= 4 is 11.4 Å². The molecule has 0 saturated carbocycles. The fraction of sp³-hybridized carbons (Fsp3) is 0.200. The van der Waals surface area contributed by atoms with Crippen LogP contribution in [0.2, 0.25) is 0 Å². The van der Waals surface area contributed by atoms with Crippen LogP contribution < -0.4 is 19.3 Å². The molecule has 0 radical (unpaired) electrons. The van der Waals surface area contributed by atoms with Crippen LogP contribution in [0.25, 0.3) is 0 Å². The zero-order valence-corrected chi connectivity index (χ0v) is 19.1. The number of fused-ring (bicyclic) bond motifs is 5. The van der Waals surface area contributed by atoms with Crippen molar-refractivity contribution in [2.24, 2.45) is 0 Å². The number of hydrogen-bond donors (Lipinski definition) is 0. The van der Waals surface area contributed by atoms with Crippen molar-refractivity contribution in [3.05, 3.63) is 119 Å². The van der Waals surface area contributed by atoms with Gasteiger partial charge in [0.1, 0.15) is 18.1 Å². The molecule has 168 valence electrons. The van der Waals surface area contributed by atoms with Crippen LogP contribution in [0.1, 0.15) is 28.3 Å². The minimum absolute atomic E-state index is 0.115. The molecule has 4 nitrogen and oxygen atoms in total. The van der Waals surface area contributed by atoms with Gasteiger partial charge in [0.15, 0.2) is 6.73 Å². The van der Waals surface area contributed by atoms with Gasteiger partial charge in [0.2, 0.25) is 0 Å². The van der Waals surface area contributed by atoms with Crippen molar-refractivity contribution < 1.29 is 9.47 Å². The van der Waals surface area contributed by atoms with Gasteiger partial charge in [-0.2, -0.15) is 0 Å². The monoisotopic (exact) mass is 446 g/mol. The minimum Gasteiger partial charge on any atom is -0.492 e. The van der Waals surface area contributed by atoms with E-state index in [1.54, 1.807) is 0 Å². The predicted octanol–water partition coefficient (Wildman–Crippen LogP) is 5.76. The third-order valence-electron chi connectivity index (χ3n) is 7.59. The smallest absolute Gasteiger partial charge is 0.161 e. The molecule has 7 rings (SSSR count). The molecule has 1 unspecified atom stereocenters. The number of benzene rings is 4. The van der Waals surface area contributed by atoms with Gasteiger partial charge in [-0.1, -0.05) is 78.9 Å². The van der Waals surface area contributed by atoms with E-state index in [1.807, 2.05) is 0 Å². The van der Waals surface area contributed by atoms with Crippen molar-refractivity contribution in [1.82, 2.24) is 0 Å². The van der Waals surface area contributed by atoms with Crippen LogP contribution in [-0.4, -0.2) is 26.9 Å². The predicted molar refractivity (Wildman–Crippen MR) is 135 cm³/mol. The molecular formula is C30H26N2O2. The second-order valence-corrected chi connectivity index (χ2v) is 9.53. The quantitative estimate of drug-likeness (QED) is 0.399. The van der Waals surface area contributed by atoms with Crippen molar-refractivity contribution in [2.75, 3.05) is 36.7 Å². The molecule has 0 bridgehead atoms. The third-order valence-corrected chi connectivity index (χ3v) is 7.59. The fourth-order valence-electron chi connectivity index (χ4n) is 5.97. The largest absolute Gasteiger partial charge is 0.492 e. The van der Waals surface area contributed by atoms with Crippen molar-refractivity contribution in [3.63, 3.8) is 0 Å². The van der Waals surface area contributed by atoms with Gasteiger partial charge in [-0.3, -0.25) is 0 Å². The van der Waals surface area contributed by atoms with E-state index in [0.29, 0.717) is 13.3 Å². The lowest BCUT2D eigenvalue weighted by molar-refractivity contribution is 0.298. The molecule has 0 N–H and O–H groups in total. The standard InChI is InChI=1S/C30H26N2O2/c1-31-20-34-28-16-24-27(17-26(28)31)33-19-30(24)18-32(25-15-9-8-14-23(25)30)29(21-10-4-2-5-11-21)22-12-6-3-7-13-22/h2-17,29H,18-20H2,1H3. The van der Waals surface area contributed by atoms with Crippen LogP contribution >= 0.6 is 0 Å². The molecule has 0 saturated heterocycles. The summed E-state index contributed by atoms with van der Waals surface area (Å²) in [5.74, 6) is 1.92. The Balaban J connectivity index is 1.40. The van der Waals surface area contributed by atoms with Gasteiger partial charge >= 0.3 is 0 Å². The van der Waals surface area contributed by atoms with Crippen molar-refractivity contribution in [2.45, 2.75) is 11.5 Å². The molecule has 34 heavy (non-hydrogen) atoms. The summed E-state index contributed by atoms with van der Waals surface area (Å²) in [6.45, 7) is 2.07. The number of rotatable bonds is 3. The van der Waals surface area contributed by atoms with Crippen LogP contribution in [0.3, 0.4) is 0 Å². The number of hydrogen-bond acceptors (Lipinski definition) is 4. The number of para-hydroxylation sites is 1. The van der Waals surface area contributed by atoms with E-state index in [0.717, 1.165) is 23.7 Å². The SMILES string of the molecule is CN1COc2cc3c(cc21)OCC31CN(C(c2ccccc2)c2ccccc2)c2ccccc21. The lowest BCUT2D eigenvalue weighted by Crippen LogP contribution is -2.38. The Kier molecular flexibility index (Phi) is 4.19. The van der Waals surface area contributed by atoms with Crippen molar-refractivity contribution in [1.29, 1.82) is 0 Å². The summed E-state index contributed by atoms with van der Waals surface area (Å²) >= 11 is 0. The second kappa shape index (κ2) is 7.29. The van der Waals surface area contributed by atoms with Gasteiger partial charge in [-0.05, 0) is 28.8 Å². The Morgan fingerprint density at radius 2 is 1.38 bits per heavy atom. The van der Waals surface area contributed by atoms with E-state index in [1.165, 1.54) is 27.9 Å². The molecule has 0 aromatic heterocycles. The average molecular weight is 447 g/mol. The first kappa shape index (κ1) is 19.5. The first-order chi connectivity index (χ1) is 16.7. The van der Waals surface area contributed by atoms with E-state index in [9.17, 15) is 0 Å². The second-order valence-electron chi connectivity index (χ2n) is 9.53. The lowest BCUT2D eigenvalue weighted by atomic mass is 9.77. The Morgan fingerprint density at radius 1 is 0.706 bits per heavy atom. The van der Waals surface area contributed by atoms with Crippen LogP contribution in [0, 0.1) is 0 Å². The summed E-state index contributed by atoms with van der Waals surface area (Å²) in [4.78, 5) is 4.69. The third kappa shape index (κ3) is 2.72. The fourth-order valence-corrected chi connectivity index (χ4v) is 5.97. The maximum atomic E-state index is 6.40. The number of anilines is 2. The first-order valence-electron chi connectivity index (χ1n) is 11.9. The Bertz CT molecular complexity index is 1330. The highest BCUT2D eigenvalue weighted by Gasteiger charge is 2.51. The van der Waals surface area contributed by atoms with Gasteiger partial charge in [0, 0.05) is 30.9 Å². The van der Waals surface area contributed by atoms with E-state index in [2.05, 4.69) is 114 Å². The average Bonchev–Trinajstić information content (AvgIpc) is 3.55. The van der Waals surface area contributed by atoms with Gasteiger partial charge in [-0.25, -0.2) is 0 Å². The summed E-state index contributed by atoms with van der Waals surface area (Å²) in [6, 6.07) is 35.0. The Hall–Kier alpha value is -3.92. The zero-order valence-electron chi connectivity index (χ0n) is 19.1. The summed E-state index contributed by atoms with van der Waals surface area (Å²) in [5.41, 5.74) is 7.29. The molecule has 4 heteroatoms. The highest BCUT2D eigenvalue weighted by molar-refractivity contribution is 5.75. The maximum absolute atomic E-state index is 6.40. The maximum Gasteiger partial charge on any atom is 0.161 e. The highest BCUT2D eigenvalue weighted by Crippen LogP contribution is 2.56. The molecule has 1 atom stereocenters. The summed E-state index contributed by atoms with van der Waals surface area (Å²) in [5, 5.41) is 0. The molecule has 0 amide bonds. The molecule has 3 heterocycles. The first-order valence-corrected chi connectivity index (χ1v) is 11.9. The zero-order chi connectivity index (χ0) is 22.7. The van der Waals surface area contributed by atoms with Crippen LogP contribution in [-0.2, 0) is 5.41 Å². The Labute approximate surface area is 200 Å². The van der Waals surface area contributed by atoms with Gasteiger partial charge in [0.05, 0.1) is 17.1 Å². The number of ether oxygens (including phenoxy) is 2. The molecule has 0 fully saturated rings. The van der Waals surface area contributed by atoms with Crippen LogP contribution in [0.4, 0.5) is 11.4 Å². The highest BCUT2D eigenvalue weighted by atomic mass is 16.5. The van der Waals surface area contributed by atoms with E-state index >= 15 is 0 Å². The van der Waals surface area contributed by atoms with Crippen LogP contribution in [0.5, 0.6) is 11.5 Å². The molecule has 0 aliphatic carbocycles. The Morgan fingerprint density at radius 3 is 2.12 bits per heavy atom. The summed E-state index contributed by atoms with van der Waals surface area (Å²) < 4.78 is 12.4. The molecule has 4 aromatic rings. The molecule has 1 spiro atoms. The topological polar surface area (TPSA) is 24.9 Å². The lowest BCUT2D eigenvalue weighted by Gasteiger charge is -2.33. The summed E-state index contributed by atoms with van der Waals surface area (Å²) in [6.07, 6.45) is 0. The molecule has 3 aliphatic heterocycles. The van der Waals surface area contributed by atoms with Crippen LogP contribution in [0.15, 0.2) is 97.1 Å². The van der Waals surface area contributed by atoms with E-state index in [4.69, 9.17) is 9.47 Å².